The summed E-state index contributed by atoms with van der Waals surface area (Å²) in [5.41, 5.74) is 20.5. The van der Waals surface area contributed by atoms with Gasteiger partial charge in [-0.05, 0) is 133 Å². The summed E-state index contributed by atoms with van der Waals surface area (Å²) in [7, 11) is 0. The van der Waals surface area contributed by atoms with Crippen LogP contribution in [0.15, 0.2) is 352 Å². The molecule has 0 atom stereocenters. The predicted molar refractivity (Wildman–Crippen MR) is 447 cm³/mol. The zero-order valence-corrected chi connectivity index (χ0v) is 59.6. The second kappa shape index (κ2) is 26.6. The number of benzene rings is 14. The van der Waals surface area contributed by atoms with Gasteiger partial charge in [-0.2, -0.15) is 0 Å². The van der Waals surface area contributed by atoms with Gasteiger partial charge in [-0.1, -0.05) is 231 Å². The molecule has 0 saturated carbocycles. The minimum absolute atomic E-state index is 0.264. The Morgan fingerprint density at radius 3 is 1.06 bits per heavy atom. The van der Waals surface area contributed by atoms with Gasteiger partial charge in [0, 0.05) is 107 Å². The van der Waals surface area contributed by atoms with Gasteiger partial charge in [0.1, 0.15) is 11.6 Å². The smallest absolute Gasteiger partial charge is 0.237 e. The first-order valence-corrected chi connectivity index (χ1v) is 37.4. The first-order chi connectivity index (χ1) is 52.9. The summed E-state index contributed by atoms with van der Waals surface area (Å²) in [5.74, 6) is 2.27. The number of aromatic amines is 1. The Kier molecular flexibility index (Phi) is 15.7. The highest BCUT2D eigenvalue weighted by Gasteiger charge is 2.23. The van der Waals surface area contributed by atoms with Crippen molar-refractivity contribution in [2.24, 2.45) is 0 Å². The maximum absolute atomic E-state index is 6.03. The van der Waals surface area contributed by atoms with E-state index in [1.54, 1.807) is 11.3 Å². The topological polar surface area (TPSA) is 108 Å². The largest absolute Gasteiger partial charge is 0.338 e. The summed E-state index contributed by atoms with van der Waals surface area (Å²) in [4.78, 5) is 33.0. The van der Waals surface area contributed by atoms with Crippen LogP contribution >= 0.6 is 34.3 Å². The minimum Gasteiger partial charge on any atom is -0.338 e. The molecule has 0 amide bonds. The molecule has 22 aromatic rings. The lowest BCUT2D eigenvalue weighted by Crippen LogP contribution is -2.06. The molecule has 8 aromatic heterocycles. The van der Waals surface area contributed by atoms with Crippen LogP contribution in [0.3, 0.4) is 0 Å². The molecule has 0 aliphatic rings. The summed E-state index contributed by atoms with van der Waals surface area (Å²) in [6.45, 7) is 0. The van der Waals surface area contributed by atoms with Crippen molar-refractivity contribution in [3.8, 4) is 85.1 Å². The zero-order valence-electron chi connectivity index (χ0n) is 57.2. The first-order valence-electron chi connectivity index (χ1n) is 35.4. The molecule has 0 unspecified atom stereocenters. The molecule has 0 aliphatic carbocycles. The Bertz CT molecular complexity index is 6900. The monoisotopic (exact) mass is 1430 g/mol. The molecule has 22 rings (SSSR count). The van der Waals surface area contributed by atoms with Gasteiger partial charge in [0.05, 0.1) is 66.9 Å². The van der Waals surface area contributed by atoms with E-state index in [4.69, 9.17) is 31.5 Å². The van der Waals surface area contributed by atoms with Gasteiger partial charge in [0.2, 0.25) is 11.2 Å². The fraction of sp³-hybridized carbons (Fsp3) is 0. The molecule has 14 aromatic carbocycles. The van der Waals surface area contributed by atoms with Crippen molar-refractivity contribution in [1.29, 1.82) is 0 Å². The van der Waals surface area contributed by atoms with Crippen LogP contribution in [0.4, 0.5) is 0 Å². The molecule has 1 N–H and O–H groups in total. The highest BCUT2D eigenvalue weighted by molar-refractivity contribution is 7.26. The van der Waals surface area contributed by atoms with E-state index in [1.165, 1.54) is 84.0 Å². The lowest BCUT2D eigenvalue weighted by Gasteiger charge is -2.13. The molecule has 0 fully saturated rings. The molecule has 0 bridgehead atoms. The number of hydrogen-bond acceptors (Lipinski definition) is 8. The molecule has 0 radical (unpaired) electrons. The molecule has 10 nitrogen and oxygen atoms in total. The molecule has 0 aliphatic heterocycles. The average Bonchev–Trinajstić information content (AvgIpc) is 1.59. The normalized spacial score (nSPS) is 11.6. The fourth-order valence-corrected chi connectivity index (χ4v) is 17.4. The molecule has 8 heterocycles. The van der Waals surface area contributed by atoms with E-state index in [2.05, 4.69) is 302 Å². The van der Waals surface area contributed by atoms with E-state index in [-0.39, 0.29) is 5.28 Å². The van der Waals surface area contributed by atoms with Crippen molar-refractivity contribution >= 4 is 140 Å². The van der Waals surface area contributed by atoms with E-state index in [0.29, 0.717) is 5.95 Å². The van der Waals surface area contributed by atoms with Crippen LogP contribution in [0.25, 0.3) is 191 Å². The number of imidazole rings is 2. The maximum atomic E-state index is 6.03. The molecular formula is C94H59ClN10S2. The van der Waals surface area contributed by atoms with Crippen molar-refractivity contribution in [3.05, 3.63) is 357 Å². The lowest BCUT2D eigenvalue weighted by atomic mass is 10.1. The molecule has 107 heavy (non-hydrogen) atoms. The number of hydrogen-bond donors (Lipinski definition) is 1. The summed E-state index contributed by atoms with van der Waals surface area (Å²) < 4.78 is 11.9. The Hall–Kier alpha value is -13.5. The van der Waals surface area contributed by atoms with Crippen LogP contribution in [-0.4, -0.2) is 48.6 Å². The molecule has 13 heteroatoms. The SMILES string of the molecule is Clc1nc(-c2ccccc2)cc(-c2ccccc2)n1.c1ccc(-c2cc(-c3ccccc3)nc(-n3c(-c4ccc(-n5c6ccccc6c6ccccc65)cc4)nc4cc5sc6ccccc6c5cc43)n2)cc1.c1ccc2c(c1)sc1cc3nc(-c4ccc(-n5c6ccccc6c6ccccc65)cc4)[nH]c3cc12. The van der Waals surface area contributed by atoms with Gasteiger partial charge in [0.15, 0.2) is 0 Å². The molecule has 0 spiro atoms. The molecule has 0 saturated heterocycles. The number of fused-ring (bicyclic) bond motifs is 14. The first kappa shape index (κ1) is 63.2. The lowest BCUT2D eigenvalue weighted by molar-refractivity contribution is 0.962. The van der Waals surface area contributed by atoms with Gasteiger partial charge in [-0.25, -0.2) is 29.9 Å². The average molecular weight is 1430 g/mol. The quantitative estimate of drug-likeness (QED) is 0.144. The van der Waals surface area contributed by atoms with Crippen molar-refractivity contribution in [1.82, 2.24) is 48.6 Å². The van der Waals surface area contributed by atoms with Crippen LogP contribution in [0.5, 0.6) is 0 Å². The summed E-state index contributed by atoms with van der Waals surface area (Å²) >= 11 is 9.66. The van der Waals surface area contributed by atoms with Crippen LogP contribution in [0.2, 0.25) is 5.28 Å². The van der Waals surface area contributed by atoms with E-state index in [9.17, 15) is 0 Å². The van der Waals surface area contributed by atoms with Gasteiger partial charge in [-0.3, -0.25) is 4.57 Å². The number of halogens is 1. The van der Waals surface area contributed by atoms with Crippen LogP contribution in [0.1, 0.15) is 0 Å². The summed E-state index contributed by atoms with van der Waals surface area (Å²) in [5, 5.41) is 10.3. The van der Waals surface area contributed by atoms with Gasteiger partial charge in [0.25, 0.3) is 0 Å². The third kappa shape index (κ3) is 11.5. The summed E-state index contributed by atoms with van der Waals surface area (Å²) in [6.07, 6.45) is 0. The van der Waals surface area contributed by atoms with Gasteiger partial charge in [-0.15, -0.1) is 22.7 Å². The highest BCUT2D eigenvalue weighted by atomic mass is 35.5. The zero-order chi connectivity index (χ0) is 70.9. The number of thiophene rings is 2. The van der Waals surface area contributed by atoms with Gasteiger partial charge < -0.3 is 14.1 Å². The second-order valence-corrected chi connectivity index (χ2v) is 28.9. The number of nitrogens with zero attached hydrogens (tertiary/aromatic N) is 9. The maximum Gasteiger partial charge on any atom is 0.237 e. The Morgan fingerprint density at radius 1 is 0.252 bits per heavy atom. The van der Waals surface area contributed by atoms with Crippen molar-refractivity contribution in [2.45, 2.75) is 0 Å². The van der Waals surface area contributed by atoms with Crippen molar-refractivity contribution < 1.29 is 0 Å². The van der Waals surface area contributed by atoms with E-state index < -0.39 is 0 Å². The predicted octanol–water partition coefficient (Wildman–Crippen LogP) is 25.4. The van der Waals surface area contributed by atoms with E-state index in [1.807, 2.05) is 90.2 Å². The minimum atomic E-state index is 0.264. The van der Waals surface area contributed by atoms with E-state index in [0.717, 1.165) is 101 Å². The number of rotatable bonds is 9. The van der Waals surface area contributed by atoms with E-state index >= 15 is 0 Å². The number of H-pyrrole nitrogens is 1. The van der Waals surface area contributed by atoms with Crippen LogP contribution < -0.4 is 0 Å². The summed E-state index contributed by atoms with van der Waals surface area (Å²) in [6, 6.07) is 123. The standard InChI is InChI=1S/C47H29N5S.C31H19N3S.C16H11ClN2/c1-3-13-30(14-4-1)38-28-39(31-15-5-2-6-16-31)50-47(49-38)52-43-27-37-36-19-9-12-22-44(36)53-45(37)29-40(43)48-46(52)32-23-25-33(26-24-32)51-41-20-10-7-17-34(41)35-18-8-11-21-42(35)51;1-4-10-27-21(7-1)22-8-2-5-11-28(22)34(27)20-15-13-19(14-16-20)31-32-25-17-24-23-9-3-6-12-29(23)35-30(24)18-26(25)33-31;17-16-18-14(12-7-3-1-4-8-12)11-15(19-16)13-9-5-2-6-10-13/h1-29H;1-18H,(H,32,33);1-11H. The highest BCUT2D eigenvalue weighted by Crippen LogP contribution is 2.42. The third-order valence-electron chi connectivity index (χ3n) is 20.0. The van der Waals surface area contributed by atoms with Crippen molar-refractivity contribution in [2.75, 3.05) is 0 Å². The Morgan fingerprint density at radius 2 is 0.617 bits per heavy atom. The molecule has 504 valence electrons. The fourth-order valence-electron chi connectivity index (χ4n) is 15.0. The number of para-hydroxylation sites is 4. The third-order valence-corrected chi connectivity index (χ3v) is 22.4. The Labute approximate surface area is 626 Å². The Balaban J connectivity index is 0.000000119. The number of aromatic nitrogens is 10. The van der Waals surface area contributed by atoms with Gasteiger partial charge >= 0.3 is 0 Å². The van der Waals surface area contributed by atoms with Crippen LogP contribution in [-0.2, 0) is 0 Å². The number of nitrogens with one attached hydrogen (secondary N) is 1. The second-order valence-electron chi connectivity index (χ2n) is 26.4. The van der Waals surface area contributed by atoms with Crippen LogP contribution in [0, 0.1) is 0 Å². The molecular weight excluding hydrogens is 1370 g/mol. The van der Waals surface area contributed by atoms with Crippen molar-refractivity contribution in [3.63, 3.8) is 0 Å².